The first-order chi connectivity index (χ1) is 9.50. The van der Waals surface area contributed by atoms with Crippen LogP contribution in [0.25, 0.3) is 0 Å². The summed E-state index contributed by atoms with van der Waals surface area (Å²) < 4.78 is 0. The maximum absolute atomic E-state index is 10.4. The van der Waals surface area contributed by atoms with Crippen molar-refractivity contribution in [3.63, 3.8) is 0 Å². The molecule has 1 aromatic carbocycles. The van der Waals surface area contributed by atoms with Gasteiger partial charge < -0.3 is 10.0 Å². The van der Waals surface area contributed by atoms with Gasteiger partial charge in [-0.3, -0.25) is 0 Å². The molecule has 2 rings (SSSR count). The van der Waals surface area contributed by atoms with E-state index in [1.54, 1.807) is 0 Å². The Bertz CT molecular complexity index is 410. The zero-order valence-corrected chi connectivity index (χ0v) is 13.2. The number of aryl methyl sites for hydroxylation is 1. The van der Waals surface area contributed by atoms with Crippen LogP contribution < -0.4 is 0 Å². The number of aliphatic hydroxyl groups is 1. The van der Waals surface area contributed by atoms with Gasteiger partial charge in [0.25, 0.3) is 0 Å². The standard InChI is InChI=1S/C18H29NO/c1-4-15-6-8-16(9-7-15)17(20)14-19-12-5-10-18(2,3)11-13-19/h6-9,17,20H,4-5,10-14H2,1-3H3. The van der Waals surface area contributed by atoms with Crippen LogP contribution in [0.1, 0.15) is 57.3 Å². The minimum atomic E-state index is -0.359. The highest BCUT2D eigenvalue weighted by Crippen LogP contribution is 2.30. The van der Waals surface area contributed by atoms with Crippen molar-refractivity contribution in [3.05, 3.63) is 35.4 Å². The van der Waals surface area contributed by atoms with Crippen molar-refractivity contribution >= 4 is 0 Å². The maximum atomic E-state index is 10.4. The molecule has 1 unspecified atom stereocenters. The lowest BCUT2D eigenvalue weighted by Crippen LogP contribution is -2.30. The maximum Gasteiger partial charge on any atom is 0.0916 e. The fourth-order valence-electron chi connectivity index (χ4n) is 2.99. The summed E-state index contributed by atoms with van der Waals surface area (Å²) in [4.78, 5) is 2.42. The van der Waals surface area contributed by atoms with Gasteiger partial charge in [0.15, 0.2) is 0 Å². The molecule has 0 aliphatic carbocycles. The molecule has 0 radical (unpaired) electrons. The Kier molecular flexibility index (Phi) is 5.22. The van der Waals surface area contributed by atoms with Crippen LogP contribution in [-0.2, 0) is 6.42 Å². The molecule has 1 heterocycles. The Morgan fingerprint density at radius 3 is 2.50 bits per heavy atom. The van der Waals surface area contributed by atoms with Crippen molar-refractivity contribution in [2.75, 3.05) is 19.6 Å². The van der Waals surface area contributed by atoms with E-state index in [-0.39, 0.29) is 6.10 Å². The number of hydrogen-bond donors (Lipinski definition) is 1. The van der Waals surface area contributed by atoms with Gasteiger partial charge >= 0.3 is 0 Å². The first-order valence-corrected chi connectivity index (χ1v) is 7.99. The van der Waals surface area contributed by atoms with Crippen LogP contribution in [0.15, 0.2) is 24.3 Å². The molecule has 1 saturated heterocycles. The van der Waals surface area contributed by atoms with Crippen LogP contribution in [0.5, 0.6) is 0 Å². The normalized spacial score (nSPS) is 21.4. The van der Waals surface area contributed by atoms with Gasteiger partial charge in [0.1, 0.15) is 0 Å². The van der Waals surface area contributed by atoms with Crippen molar-refractivity contribution in [1.29, 1.82) is 0 Å². The van der Waals surface area contributed by atoms with E-state index in [1.165, 1.54) is 24.8 Å². The van der Waals surface area contributed by atoms with Gasteiger partial charge in [-0.1, -0.05) is 45.0 Å². The van der Waals surface area contributed by atoms with Gasteiger partial charge in [0.05, 0.1) is 6.10 Å². The molecule has 0 saturated carbocycles. The van der Waals surface area contributed by atoms with Gasteiger partial charge in [0.2, 0.25) is 0 Å². The molecular formula is C18H29NO. The Hall–Kier alpha value is -0.860. The van der Waals surface area contributed by atoms with Crippen LogP contribution in [0.4, 0.5) is 0 Å². The molecule has 112 valence electrons. The topological polar surface area (TPSA) is 23.5 Å². The Morgan fingerprint density at radius 1 is 1.15 bits per heavy atom. The van der Waals surface area contributed by atoms with E-state index < -0.39 is 0 Å². The van der Waals surface area contributed by atoms with Gasteiger partial charge in [-0.2, -0.15) is 0 Å². The Morgan fingerprint density at radius 2 is 1.85 bits per heavy atom. The lowest BCUT2D eigenvalue weighted by Gasteiger charge is -2.25. The predicted octanol–water partition coefficient (Wildman–Crippen LogP) is 3.79. The van der Waals surface area contributed by atoms with E-state index in [0.29, 0.717) is 5.41 Å². The van der Waals surface area contributed by atoms with Crippen molar-refractivity contribution in [3.8, 4) is 0 Å². The minimum absolute atomic E-state index is 0.359. The molecule has 0 aromatic heterocycles. The number of benzene rings is 1. The predicted molar refractivity (Wildman–Crippen MR) is 84.9 cm³/mol. The summed E-state index contributed by atoms with van der Waals surface area (Å²) in [5.74, 6) is 0. The van der Waals surface area contributed by atoms with Crippen LogP contribution in [0.3, 0.4) is 0 Å². The highest BCUT2D eigenvalue weighted by Gasteiger charge is 2.24. The second-order valence-corrected chi connectivity index (χ2v) is 6.93. The molecule has 0 bridgehead atoms. The van der Waals surface area contributed by atoms with E-state index in [1.807, 2.05) is 0 Å². The highest BCUT2D eigenvalue weighted by molar-refractivity contribution is 5.24. The number of aliphatic hydroxyl groups excluding tert-OH is 1. The molecule has 1 aromatic rings. The van der Waals surface area contributed by atoms with E-state index in [9.17, 15) is 5.11 Å². The number of likely N-dealkylation sites (tertiary alicyclic amines) is 1. The summed E-state index contributed by atoms with van der Waals surface area (Å²) in [7, 11) is 0. The number of β-amino-alcohol motifs (C(OH)–C–C–N with tert-alkyl or cyclic N) is 1. The fraction of sp³-hybridized carbons (Fsp3) is 0.667. The molecule has 20 heavy (non-hydrogen) atoms. The molecular weight excluding hydrogens is 246 g/mol. The highest BCUT2D eigenvalue weighted by atomic mass is 16.3. The molecule has 1 aliphatic heterocycles. The minimum Gasteiger partial charge on any atom is -0.387 e. The van der Waals surface area contributed by atoms with Crippen LogP contribution >= 0.6 is 0 Å². The second kappa shape index (κ2) is 6.73. The third-order valence-corrected chi connectivity index (χ3v) is 4.64. The van der Waals surface area contributed by atoms with Gasteiger partial charge in [-0.15, -0.1) is 0 Å². The molecule has 0 amide bonds. The zero-order chi connectivity index (χ0) is 14.6. The fourth-order valence-corrected chi connectivity index (χ4v) is 2.99. The molecule has 2 nitrogen and oxygen atoms in total. The van der Waals surface area contributed by atoms with Crippen molar-refractivity contribution in [2.45, 2.75) is 52.6 Å². The quantitative estimate of drug-likeness (QED) is 0.903. The summed E-state index contributed by atoms with van der Waals surface area (Å²) in [6.07, 6.45) is 4.47. The molecule has 2 heteroatoms. The molecule has 1 fully saturated rings. The number of rotatable bonds is 4. The lowest BCUT2D eigenvalue weighted by atomic mass is 9.85. The largest absolute Gasteiger partial charge is 0.387 e. The van der Waals surface area contributed by atoms with Gasteiger partial charge in [-0.05, 0) is 55.3 Å². The van der Waals surface area contributed by atoms with E-state index >= 15 is 0 Å². The van der Waals surface area contributed by atoms with Crippen molar-refractivity contribution in [1.82, 2.24) is 4.90 Å². The lowest BCUT2D eigenvalue weighted by molar-refractivity contribution is 0.113. The third-order valence-electron chi connectivity index (χ3n) is 4.64. The number of nitrogens with zero attached hydrogens (tertiary/aromatic N) is 1. The van der Waals surface area contributed by atoms with E-state index in [0.717, 1.165) is 31.6 Å². The molecule has 1 N–H and O–H groups in total. The third kappa shape index (κ3) is 4.32. The average Bonchev–Trinajstić information content (AvgIpc) is 2.60. The zero-order valence-electron chi connectivity index (χ0n) is 13.2. The van der Waals surface area contributed by atoms with Crippen LogP contribution in [-0.4, -0.2) is 29.6 Å². The molecule has 1 atom stereocenters. The number of hydrogen-bond acceptors (Lipinski definition) is 2. The summed E-state index contributed by atoms with van der Waals surface area (Å²) in [5, 5.41) is 10.4. The molecule has 0 spiro atoms. The Balaban J connectivity index is 1.91. The summed E-state index contributed by atoms with van der Waals surface area (Å²) >= 11 is 0. The summed E-state index contributed by atoms with van der Waals surface area (Å²) in [6.45, 7) is 9.86. The van der Waals surface area contributed by atoms with Crippen LogP contribution in [0.2, 0.25) is 0 Å². The molecule has 1 aliphatic rings. The average molecular weight is 275 g/mol. The van der Waals surface area contributed by atoms with Crippen molar-refractivity contribution in [2.24, 2.45) is 5.41 Å². The Labute approximate surface area is 123 Å². The second-order valence-electron chi connectivity index (χ2n) is 6.93. The smallest absolute Gasteiger partial charge is 0.0916 e. The van der Waals surface area contributed by atoms with Gasteiger partial charge in [0, 0.05) is 6.54 Å². The van der Waals surface area contributed by atoms with Crippen LogP contribution in [0, 0.1) is 5.41 Å². The van der Waals surface area contributed by atoms with Gasteiger partial charge in [-0.25, -0.2) is 0 Å². The monoisotopic (exact) mass is 275 g/mol. The summed E-state index contributed by atoms with van der Waals surface area (Å²) in [6, 6.07) is 8.41. The first-order valence-electron chi connectivity index (χ1n) is 7.99. The summed E-state index contributed by atoms with van der Waals surface area (Å²) in [5.41, 5.74) is 2.84. The SMILES string of the molecule is CCc1ccc(C(O)CN2CCCC(C)(C)CC2)cc1. The van der Waals surface area contributed by atoms with Crippen molar-refractivity contribution < 1.29 is 5.11 Å². The van der Waals surface area contributed by atoms with E-state index in [4.69, 9.17) is 0 Å². The van der Waals surface area contributed by atoms with E-state index in [2.05, 4.69) is 49.9 Å². The first kappa shape index (κ1) is 15.5.